The molecular formula is C72H165N4OP2+. The van der Waals surface area contributed by atoms with Crippen LogP contribution in [0.15, 0.2) is 146 Å². The third-order valence-corrected chi connectivity index (χ3v) is 2.47. The van der Waals surface area contributed by atoms with Crippen molar-refractivity contribution in [1.82, 2.24) is 14.9 Å². The molecule has 0 aliphatic rings. The van der Waals surface area contributed by atoms with Crippen LogP contribution in [-0.4, -0.2) is 109 Å². The van der Waals surface area contributed by atoms with Crippen LogP contribution in [0.5, 0.6) is 0 Å². The van der Waals surface area contributed by atoms with E-state index >= 15 is 0 Å². The molecule has 4 rings (SSSR count). The Hall–Kier alpha value is -2.94. The number of rotatable bonds is 0. The first-order valence-electron chi connectivity index (χ1n) is 31.0. The van der Waals surface area contributed by atoms with Gasteiger partial charge in [0.25, 0.3) is 0 Å². The molecule has 2 aromatic heterocycles. The van der Waals surface area contributed by atoms with Gasteiger partial charge in [-0.2, -0.15) is 0 Å². The van der Waals surface area contributed by atoms with Crippen LogP contribution in [0.3, 0.4) is 0 Å². The number of pyridine rings is 2. The SMILES string of the molecule is C=C(C)C.CC.CC.CC.CC.CC.CC.CC.CC.CC.CC.CC.CC.CC.CC.CC(C)(C)C.CN(C)C.CP(C)(C)=O.CP(C)C.C[N+](C)(C)C.c1ccccc1.c1ccccc1.c1ccncc1.c1ccncc1. The van der Waals surface area contributed by atoms with E-state index in [1.165, 1.54) is 5.57 Å². The van der Waals surface area contributed by atoms with Gasteiger partial charge in [0.05, 0.1) is 35.3 Å². The molecular weight excluding hydrogens is 999 g/mol. The Labute approximate surface area is 512 Å². The smallest absolute Gasteiger partial charge is 0.0790 e. The number of quaternary nitrogens is 1. The molecule has 79 heavy (non-hydrogen) atoms. The van der Waals surface area contributed by atoms with Crippen LogP contribution in [0.1, 0.15) is 235 Å². The molecule has 0 saturated heterocycles. The summed E-state index contributed by atoms with van der Waals surface area (Å²) in [4.78, 5) is 9.57. The summed E-state index contributed by atoms with van der Waals surface area (Å²) >= 11 is 0. The molecule has 2 aromatic carbocycles. The zero-order chi connectivity index (χ0) is 69.2. The van der Waals surface area contributed by atoms with Gasteiger partial charge in [0.1, 0.15) is 0 Å². The largest absolute Gasteiger partial charge is 0.333 e. The van der Waals surface area contributed by atoms with Gasteiger partial charge in [-0.15, -0.1) is 14.5 Å². The van der Waals surface area contributed by atoms with Gasteiger partial charge < -0.3 is 13.9 Å². The average molecular weight is 1170 g/mol. The first kappa shape index (κ1) is 136. The number of benzene rings is 2. The summed E-state index contributed by atoms with van der Waals surface area (Å²) in [5, 5.41) is 0. The molecule has 0 radical (unpaired) electrons. The van der Waals surface area contributed by atoms with E-state index < -0.39 is 7.14 Å². The van der Waals surface area contributed by atoms with E-state index in [2.05, 4.69) is 92.4 Å². The zero-order valence-electron chi connectivity index (χ0n) is 64.5. The number of nitrogens with zero attached hydrogens (tertiary/aromatic N) is 4. The highest BCUT2D eigenvalue weighted by atomic mass is 31.2. The fourth-order valence-corrected chi connectivity index (χ4v) is 1.40. The third kappa shape index (κ3) is 903. The van der Waals surface area contributed by atoms with Gasteiger partial charge in [-0.25, -0.2) is 0 Å². The Morgan fingerprint density at radius 3 is 0.443 bits per heavy atom. The predicted molar refractivity (Wildman–Crippen MR) is 399 cm³/mol. The summed E-state index contributed by atoms with van der Waals surface area (Å²) in [5.41, 5.74) is 1.67. The molecule has 0 aliphatic heterocycles. The molecule has 0 amide bonds. The maximum Gasteiger partial charge on any atom is 0.0790 e. The summed E-state index contributed by atoms with van der Waals surface area (Å²) in [7, 11) is 13.2. The molecule has 2 heterocycles. The summed E-state index contributed by atoms with van der Waals surface area (Å²) in [6.07, 6.45) is 7.00. The number of aromatic nitrogens is 2. The lowest BCUT2D eigenvalue weighted by molar-refractivity contribution is -0.849. The van der Waals surface area contributed by atoms with Gasteiger partial charge >= 0.3 is 0 Å². The maximum absolute atomic E-state index is 10.2. The fraction of sp³-hybridized carbons (Fsp3) is 0.667. The van der Waals surface area contributed by atoms with E-state index in [9.17, 15) is 4.57 Å². The van der Waals surface area contributed by atoms with Gasteiger partial charge in [0, 0.05) is 24.8 Å². The Kier molecular flexibility index (Phi) is 308. The minimum absolute atomic E-state index is 0.380. The molecule has 4 aromatic rings. The standard InChI is InChI=1S/2C6H6.2C5H5N.C5H12.C4H12N.C4H8.C3H9N.C3H9OP.C3H9P.14C2H6/c4*1-2-4-6-5-3-1;2*1-5(2,3)4;2*1-4(2)3;1-5(2,3)4;1-4(2)3;14*1-2/h2*1-6H;2*1-5H;2*1-4H3;1H2,2-3H3;1-3H3;1-3H3;1-3H3;14*1-2H3/q;;;;;+1;;;;;;;;;;;;;;;;;;. The minimum Gasteiger partial charge on any atom is -0.333 e. The average Bonchev–Trinajstić information content (AvgIpc) is 3.47. The molecule has 0 N–H and O–H groups in total. The summed E-state index contributed by atoms with van der Waals surface area (Å²) in [6.45, 7) is 84.2. The van der Waals surface area contributed by atoms with Crippen LogP contribution in [0.2, 0.25) is 0 Å². The van der Waals surface area contributed by atoms with E-state index in [1.807, 2.05) is 343 Å². The van der Waals surface area contributed by atoms with E-state index in [4.69, 9.17) is 0 Å². The van der Waals surface area contributed by atoms with Gasteiger partial charge in [-0.1, -0.05) is 312 Å². The highest BCUT2D eigenvalue weighted by Gasteiger charge is 1.95. The molecule has 0 unspecified atom stereocenters. The molecule has 0 atom stereocenters. The molecule has 488 valence electrons. The predicted octanol–water partition coefficient (Wildman–Crippen LogP) is 26.6. The van der Waals surface area contributed by atoms with Crippen LogP contribution < -0.4 is 0 Å². The van der Waals surface area contributed by atoms with Gasteiger partial charge in [-0.3, -0.25) is 9.97 Å². The second-order valence-corrected chi connectivity index (χ2v) is 22.3. The lowest BCUT2D eigenvalue weighted by atomic mass is 10.0. The van der Waals surface area contributed by atoms with Gasteiger partial charge in [-0.05, 0) is 105 Å². The van der Waals surface area contributed by atoms with Crippen molar-refractivity contribution in [3.05, 3.63) is 146 Å². The lowest BCUT2D eigenvalue weighted by Crippen LogP contribution is -2.27. The monoisotopic (exact) mass is 1160 g/mol. The second kappa shape index (κ2) is 178. The van der Waals surface area contributed by atoms with E-state index in [0.29, 0.717) is 13.3 Å². The first-order chi connectivity index (χ1) is 37.2. The second-order valence-electron chi connectivity index (χ2n) is 15.8. The highest BCUT2D eigenvalue weighted by molar-refractivity contribution is 7.61. The lowest BCUT2D eigenvalue weighted by Gasteiger charge is -2.14. The van der Waals surface area contributed by atoms with Crippen molar-refractivity contribution >= 4 is 15.1 Å². The molecule has 5 nitrogen and oxygen atoms in total. The molecule has 7 heteroatoms. The number of allylic oxidation sites excluding steroid dienone is 1. The van der Waals surface area contributed by atoms with Crippen molar-refractivity contribution in [2.75, 3.05) is 89.3 Å². The first-order valence-corrected chi connectivity index (χ1v) is 36.8. The zero-order valence-corrected chi connectivity index (χ0v) is 66.3. The van der Waals surface area contributed by atoms with Crippen molar-refractivity contribution in [1.29, 1.82) is 0 Å². The molecule has 0 fully saturated rings. The molecule has 0 spiro atoms. The quantitative estimate of drug-likeness (QED) is 0.100. The topological polar surface area (TPSA) is 46.1 Å². The van der Waals surface area contributed by atoms with Crippen LogP contribution >= 0.6 is 15.1 Å². The van der Waals surface area contributed by atoms with Crippen molar-refractivity contribution in [2.45, 2.75) is 235 Å². The van der Waals surface area contributed by atoms with Crippen LogP contribution in [0.25, 0.3) is 0 Å². The van der Waals surface area contributed by atoms with Crippen LogP contribution in [-0.2, 0) is 4.57 Å². The van der Waals surface area contributed by atoms with Crippen LogP contribution in [0.4, 0.5) is 0 Å². The number of hydrogen-bond donors (Lipinski definition) is 0. The molecule has 0 saturated carbocycles. The van der Waals surface area contributed by atoms with E-state index in [1.54, 1.807) is 44.8 Å². The maximum atomic E-state index is 10.2. The van der Waals surface area contributed by atoms with Crippen molar-refractivity contribution in [3.8, 4) is 0 Å². The molecule has 0 aliphatic carbocycles. The van der Waals surface area contributed by atoms with Crippen molar-refractivity contribution < 1.29 is 9.05 Å². The molecule has 0 bridgehead atoms. The normalized spacial score (nSPS) is 7.00. The van der Waals surface area contributed by atoms with Gasteiger partial charge in [0.2, 0.25) is 0 Å². The summed E-state index contributed by atoms with van der Waals surface area (Å²) in [6, 6.07) is 35.4. The Morgan fingerprint density at radius 1 is 0.367 bits per heavy atom. The Bertz CT molecular complexity index is 898. The summed E-state index contributed by atoms with van der Waals surface area (Å²) in [5.74, 6) is 0. The van der Waals surface area contributed by atoms with Gasteiger partial charge in [0.15, 0.2) is 0 Å². The minimum atomic E-state index is -1.64. The number of hydrogen-bond acceptors (Lipinski definition) is 4. The van der Waals surface area contributed by atoms with Crippen LogP contribution in [0, 0.1) is 5.41 Å². The fourth-order valence-electron chi connectivity index (χ4n) is 1.40. The Balaban J connectivity index is -0.0000000260. The van der Waals surface area contributed by atoms with Crippen molar-refractivity contribution in [3.63, 3.8) is 0 Å². The van der Waals surface area contributed by atoms with E-state index in [0.717, 1.165) is 4.48 Å². The van der Waals surface area contributed by atoms with E-state index in [-0.39, 0.29) is 0 Å². The third-order valence-electron chi connectivity index (χ3n) is 2.47. The summed E-state index contributed by atoms with van der Waals surface area (Å²) < 4.78 is 11.2. The highest BCUT2D eigenvalue weighted by Crippen LogP contribution is 2.28. The Morgan fingerprint density at radius 2 is 0.418 bits per heavy atom. The van der Waals surface area contributed by atoms with Crippen molar-refractivity contribution in [2.24, 2.45) is 5.41 Å².